The predicted octanol–water partition coefficient (Wildman–Crippen LogP) is 3.10. The van der Waals surface area contributed by atoms with Crippen molar-refractivity contribution in [1.82, 2.24) is 20.5 Å². The van der Waals surface area contributed by atoms with E-state index >= 15 is 0 Å². The van der Waals surface area contributed by atoms with Gasteiger partial charge >= 0.3 is 0 Å². The summed E-state index contributed by atoms with van der Waals surface area (Å²) in [6, 6.07) is 9.37. The van der Waals surface area contributed by atoms with E-state index in [0.717, 1.165) is 17.8 Å². The van der Waals surface area contributed by atoms with Gasteiger partial charge in [-0.25, -0.2) is 4.99 Å². The zero-order chi connectivity index (χ0) is 21.2. The fourth-order valence-electron chi connectivity index (χ4n) is 2.58. The summed E-state index contributed by atoms with van der Waals surface area (Å²) >= 11 is 12.2. The monoisotopic (exact) mass is 439 g/mol. The van der Waals surface area contributed by atoms with Gasteiger partial charge in [0.2, 0.25) is 0 Å². The van der Waals surface area contributed by atoms with E-state index in [1.165, 1.54) is 0 Å². The third kappa shape index (κ3) is 7.18. The molecule has 0 aliphatic rings. The minimum atomic E-state index is -0.143. The van der Waals surface area contributed by atoms with Crippen molar-refractivity contribution in [3.8, 4) is 5.75 Å². The third-order valence-electron chi connectivity index (χ3n) is 4.06. The van der Waals surface area contributed by atoms with Gasteiger partial charge in [0.15, 0.2) is 12.6 Å². The van der Waals surface area contributed by atoms with Gasteiger partial charge in [-0.2, -0.15) is 0 Å². The molecule has 9 heteroatoms. The van der Waals surface area contributed by atoms with E-state index in [4.69, 9.17) is 27.9 Å². The predicted molar refractivity (Wildman–Crippen MR) is 118 cm³/mol. The summed E-state index contributed by atoms with van der Waals surface area (Å²) in [6.45, 7) is 6.17. The van der Waals surface area contributed by atoms with Crippen molar-refractivity contribution in [1.29, 1.82) is 0 Å². The van der Waals surface area contributed by atoms with Crippen molar-refractivity contribution in [2.24, 2.45) is 12.0 Å². The van der Waals surface area contributed by atoms with Crippen LogP contribution < -0.4 is 20.7 Å². The molecule has 3 N–H and O–H groups in total. The molecule has 1 amide bonds. The molecule has 0 aliphatic heterocycles. The number of carbonyl (C=O) groups is 1. The Bertz CT molecular complexity index is 851. The van der Waals surface area contributed by atoms with Gasteiger partial charge < -0.3 is 25.3 Å². The summed E-state index contributed by atoms with van der Waals surface area (Å²) in [5.74, 6) is 1.17. The highest BCUT2D eigenvalue weighted by Crippen LogP contribution is 2.24. The number of ether oxygens (including phenoxy) is 1. The van der Waals surface area contributed by atoms with E-state index in [9.17, 15) is 4.79 Å². The topological polar surface area (TPSA) is 79.7 Å². The number of likely N-dealkylation sites (N-methyl/N-ethyl adjacent to an activating group) is 1. The SMILES string of the molecule is CCNC(=O)COc1cccc(CN=C(NCC)NCc2cc(Cl)c(Cl)n2C)c1. The lowest BCUT2D eigenvalue weighted by Crippen LogP contribution is -2.37. The van der Waals surface area contributed by atoms with Crippen LogP contribution in [-0.4, -0.2) is 36.1 Å². The largest absolute Gasteiger partial charge is 0.484 e. The van der Waals surface area contributed by atoms with E-state index in [2.05, 4.69) is 20.9 Å². The van der Waals surface area contributed by atoms with E-state index < -0.39 is 0 Å². The number of halogens is 2. The highest BCUT2D eigenvalue weighted by Gasteiger charge is 2.09. The number of nitrogens with zero attached hydrogens (tertiary/aromatic N) is 2. The van der Waals surface area contributed by atoms with Crippen LogP contribution >= 0.6 is 23.2 Å². The summed E-state index contributed by atoms with van der Waals surface area (Å²) in [7, 11) is 1.86. The number of amides is 1. The first kappa shape index (κ1) is 22.9. The number of benzene rings is 1. The summed E-state index contributed by atoms with van der Waals surface area (Å²) in [5, 5.41) is 10.2. The molecule has 29 heavy (non-hydrogen) atoms. The van der Waals surface area contributed by atoms with Gasteiger partial charge in [0.25, 0.3) is 5.91 Å². The Morgan fingerprint density at radius 1 is 1.14 bits per heavy atom. The van der Waals surface area contributed by atoms with Crippen molar-refractivity contribution in [2.75, 3.05) is 19.7 Å². The van der Waals surface area contributed by atoms with Crippen LogP contribution in [0.2, 0.25) is 10.2 Å². The molecule has 2 aromatic rings. The molecule has 0 bridgehead atoms. The number of carbonyl (C=O) groups excluding carboxylic acids is 1. The van der Waals surface area contributed by atoms with Crippen molar-refractivity contribution >= 4 is 35.1 Å². The molecule has 0 saturated heterocycles. The average Bonchev–Trinajstić information content (AvgIpc) is 2.96. The second kappa shape index (κ2) is 11.6. The first-order valence-corrected chi connectivity index (χ1v) is 10.2. The highest BCUT2D eigenvalue weighted by atomic mass is 35.5. The number of guanidine groups is 1. The molecule has 0 saturated carbocycles. The quantitative estimate of drug-likeness (QED) is 0.414. The van der Waals surface area contributed by atoms with Crippen LogP contribution in [-0.2, 0) is 24.9 Å². The van der Waals surface area contributed by atoms with Crippen LogP contribution in [0.15, 0.2) is 35.3 Å². The van der Waals surface area contributed by atoms with Gasteiger partial charge in [-0.15, -0.1) is 0 Å². The third-order valence-corrected chi connectivity index (χ3v) is 4.90. The highest BCUT2D eigenvalue weighted by molar-refractivity contribution is 6.41. The molecule has 158 valence electrons. The molecule has 1 heterocycles. The molecule has 0 unspecified atom stereocenters. The lowest BCUT2D eigenvalue weighted by Gasteiger charge is -2.12. The first-order valence-electron chi connectivity index (χ1n) is 9.44. The summed E-state index contributed by atoms with van der Waals surface area (Å²) in [5.41, 5.74) is 1.92. The van der Waals surface area contributed by atoms with E-state index in [0.29, 0.717) is 41.5 Å². The van der Waals surface area contributed by atoms with Gasteiger partial charge in [-0.3, -0.25) is 4.79 Å². The number of rotatable bonds is 9. The standard InChI is InChI=1S/C20H27Cl2N5O2/c1-4-23-18(28)13-29-16-8-6-7-14(9-16)11-25-20(24-5-2)26-12-15-10-17(21)19(22)27(15)3/h6-10H,4-5,11-13H2,1-3H3,(H,23,28)(H2,24,25,26). The number of aromatic nitrogens is 1. The molecule has 0 aliphatic carbocycles. The second-order valence-corrected chi connectivity index (χ2v) is 7.04. The molecular weight excluding hydrogens is 413 g/mol. The molecule has 2 rings (SSSR count). The molecule has 0 atom stereocenters. The number of nitrogens with one attached hydrogen (secondary N) is 3. The second-order valence-electron chi connectivity index (χ2n) is 6.27. The van der Waals surface area contributed by atoms with Gasteiger partial charge in [0, 0.05) is 25.8 Å². The van der Waals surface area contributed by atoms with Crippen molar-refractivity contribution < 1.29 is 9.53 Å². The van der Waals surface area contributed by atoms with Crippen molar-refractivity contribution in [3.05, 3.63) is 51.8 Å². The lowest BCUT2D eigenvalue weighted by molar-refractivity contribution is -0.122. The van der Waals surface area contributed by atoms with Crippen molar-refractivity contribution in [2.45, 2.75) is 26.9 Å². The van der Waals surface area contributed by atoms with Gasteiger partial charge in [-0.05, 0) is 37.6 Å². The van der Waals surface area contributed by atoms with Gasteiger partial charge in [0.1, 0.15) is 10.9 Å². The Morgan fingerprint density at radius 3 is 2.55 bits per heavy atom. The van der Waals surface area contributed by atoms with Crippen LogP contribution in [0.4, 0.5) is 0 Å². The average molecular weight is 440 g/mol. The summed E-state index contributed by atoms with van der Waals surface area (Å²) in [6.07, 6.45) is 0. The number of aliphatic imine (C=N–C) groups is 1. The fraction of sp³-hybridized carbons (Fsp3) is 0.400. The summed E-state index contributed by atoms with van der Waals surface area (Å²) < 4.78 is 7.36. The van der Waals surface area contributed by atoms with Crippen LogP contribution in [0, 0.1) is 0 Å². The maximum atomic E-state index is 11.5. The Morgan fingerprint density at radius 2 is 1.90 bits per heavy atom. The summed E-state index contributed by atoms with van der Waals surface area (Å²) in [4.78, 5) is 16.1. The van der Waals surface area contributed by atoms with Gasteiger partial charge in [0.05, 0.1) is 18.1 Å². The zero-order valence-electron chi connectivity index (χ0n) is 16.9. The Balaban J connectivity index is 1.97. The molecular formula is C20H27Cl2N5O2. The molecule has 1 aromatic carbocycles. The molecule has 0 fully saturated rings. The van der Waals surface area contributed by atoms with Crippen molar-refractivity contribution in [3.63, 3.8) is 0 Å². The maximum Gasteiger partial charge on any atom is 0.257 e. The lowest BCUT2D eigenvalue weighted by atomic mass is 10.2. The first-order chi connectivity index (χ1) is 13.9. The Hall–Kier alpha value is -2.38. The van der Waals surface area contributed by atoms with Crippen LogP contribution in [0.5, 0.6) is 5.75 Å². The van der Waals surface area contributed by atoms with E-state index in [1.54, 1.807) is 0 Å². The molecule has 7 nitrogen and oxygen atoms in total. The van der Waals surface area contributed by atoms with Crippen LogP contribution in [0.3, 0.4) is 0 Å². The number of hydrogen-bond donors (Lipinski definition) is 3. The number of hydrogen-bond acceptors (Lipinski definition) is 3. The minimum absolute atomic E-state index is 0.00740. The molecule has 0 spiro atoms. The fourth-order valence-corrected chi connectivity index (χ4v) is 2.99. The Kier molecular flexibility index (Phi) is 9.15. The van der Waals surface area contributed by atoms with E-state index in [1.807, 2.05) is 55.8 Å². The van der Waals surface area contributed by atoms with Crippen LogP contribution in [0.25, 0.3) is 0 Å². The Labute approximate surface area is 181 Å². The van der Waals surface area contributed by atoms with E-state index in [-0.39, 0.29) is 12.5 Å². The minimum Gasteiger partial charge on any atom is -0.484 e. The normalized spacial score (nSPS) is 11.3. The molecule has 0 radical (unpaired) electrons. The smallest absolute Gasteiger partial charge is 0.257 e. The maximum absolute atomic E-state index is 11.5. The van der Waals surface area contributed by atoms with Crippen LogP contribution in [0.1, 0.15) is 25.1 Å². The zero-order valence-corrected chi connectivity index (χ0v) is 18.4. The molecule has 1 aromatic heterocycles. The van der Waals surface area contributed by atoms with Gasteiger partial charge in [-0.1, -0.05) is 35.3 Å².